The summed E-state index contributed by atoms with van der Waals surface area (Å²) in [7, 11) is 0. The van der Waals surface area contributed by atoms with Crippen LogP contribution in [0.4, 0.5) is 5.82 Å². The van der Waals surface area contributed by atoms with Crippen LogP contribution in [0.2, 0.25) is 0 Å². The molecule has 0 spiro atoms. The zero-order chi connectivity index (χ0) is 15.1. The summed E-state index contributed by atoms with van der Waals surface area (Å²) in [5, 5.41) is 39.0. The lowest BCUT2D eigenvalue weighted by molar-refractivity contribution is -0.0394. The van der Waals surface area contributed by atoms with Gasteiger partial charge in [0.1, 0.15) is 17.9 Å². The highest BCUT2D eigenvalue weighted by Crippen LogP contribution is 2.38. The average Bonchev–Trinajstić information content (AvgIpc) is 3.02. The molecule has 3 rings (SSSR count). The number of rotatable bonds is 3. The first-order valence-corrected chi connectivity index (χ1v) is 6.62. The molecular weight excluding hydrogens is 278 g/mol. The van der Waals surface area contributed by atoms with Gasteiger partial charge in [0.15, 0.2) is 11.5 Å². The van der Waals surface area contributed by atoms with Gasteiger partial charge < -0.3 is 30.7 Å². The second-order valence-corrected chi connectivity index (χ2v) is 5.28. The summed E-state index contributed by atoms with van der Waals surface area (Å²) in [6, 6.07) is -0.509. The van der Waals surface area contributed by atoms with E-state index in [4.69, 9.17) is 10.8 Å². The Bertz CT molecular complexity index is 648. The Hall–Kier alpha value is -1.81. The van der Waals surface area contributed by atoms with Gasteiger partial charge in [-0.05, 0) is 6.42 Å². The van der Waals surface area contributed by atoms with E-state index in [1.807, 2.05) is 0 Å². The lowest BCUT2D eigenvalue weighted by Gasteiger charge is -2.20. The van der Waals surface area contributed by atoms with E-state index in [0.29, 0.717) is 17.6 Å². The molecule has 0 amide bonds. The molecule has 0 saturated heterocycles. The van der Waals surface area contributed by atoms with Crippen molar-refractivity contribution in [2.24, 2.45) is 5.92 Å². The van der Waals surface area contributed by atoms with Gasteiger partial charge in [-0.2, -0.15) is 0 Å². The van der Waals surface area contributed by atoms with Gasteiger partial charge >= 0.3 is 0 Å². The van der Waals surface area contributed by atoms with Crippen LogP contribution in [0.3, 0.4) is 0 Å². The number of nitrogen functional groups attached to an aromatic ring is 1. The Morgan fingerprint density at radius 1 is 1.29 bits per heavy atom. The molecule has 2 aromatic heterocycles. The van der Waals surface area contributed by atoms with Gasteiger partial charge in [-0.1, -0.05) is 0 Å². The summed E-state index contributed by atoms with van der Waals surface area (Å²) in [5.41, 5.74) is 6.59. The number of nitrogens with two attached hydrogens (primary N) is 1. The second kappa shape index (κ2) is 5.19. The summed E-state index contributed by atoms with van der Waals surface area (Å²) in [6.45, 7) is -0.471. The van der Waals surface area contributed by atoms with Crippen molar-refractivity contribution in [1.82, 2.24) is 19.5 Å². The van der Waals surface area contributed by atoms with Gasteiger partial charge in [0, 0.05) is 5.92 Å². The molecule has 1 fully saturated rings. The SMILES string of the molecule is Nc1ncnc2c1ncn2[C@@H]1C[C@H]([C@@H](O)CO)[C@@H](O)[C@H]1O. The Morgan fingerprint density at radius 3 is 2.76 bits per heavy atom. The first-order valence-electron chi connectivity index (χ1n) is 6.62. The van der Waals surface area contributed by atoms with Crippen molar-refractivity contribution >= 4 is 17.0 Å². The molecule has 0 aliphatic heterocycles. The number of hydrogen-bond donors (Lipinski definition) is 5. The molecule has 9 heteroatoms. The van der Waals surface area contributed by atoms with E-state index in [9.17, 15) is 15.3 Å². The standard InChI is InChI=1S/C12H17N5O4/c13-11-8-12(15-3-14-11)17(4-16-8)6-1-5(7(19)2-18)9(20)10(6)21/h3-7,9-10,18-21H,1-2H2,(H2,13,14,15)/t5-,6-,7+,9-,10+/m1/s1. The fourth-order valence-electron chi connectivity index (χ4n) is 2.95. The van der Waals surface area contributed by atoms with Crippen molar-refractivity contribution in [3.63, 3.8) is 0 Å². The van der Waals surface area contributed by atoms with Crippen LogP contribution in [-0.2, 0) is 0 Å². The summed E-state index contributed by atoms with van der Waals surface area (Å²) in [6.07, 6.45) is -0.246. The van der Waals surface area contributed by atoms with Crippen LogP contribution < -0.4 is 5.73 Å². The van der Waals surface area contributed by atoms with Crippen molar-refractivity contribution in [2.75, 3.05) is 12.3 Å². The first kappa shape index (κ1) is 14.1. The van der Waals surface area contributed by atoms with Crippen LogP contribution in [0.5, 0.6) is 0 Å². The monoisotopic (exact) mass is 295 g/mol. The molecule has 114 valence electrons. The summed E-state index contributed by atoms with van der Waals surface area (Å²) < 4.78 is 1.62. The summed E-state index contributed by atoms with van der Waals surface area (Å²) in [5.74, 6) is -0.384. The fourth-order valence-corrected chi connectivity index (χ4v) is 2.95. The van der Waals surface area contributed by atoms with Crippen molar-refractivity contribution in [3.05, 3.63) is 12.7 Å². The Balaban J connectivity index is 1.98. The average molecular weight is 295 g/mol. The molecule has 1 aliphatic rings. The minimum absolute atomic E-state index is 0.235. The number of anilines is 1. The number of aliphatic hydroxyl groups excluding tert-OH is 4. The Morgan fingerprint density at radius 2 is 2.05 bits per heavy atom. The van der Waals surface area contributed by atoms with E-state index in [2.05, 4.69) is 15.0 Å². The smallest absolute Gasteiger partial charge is 0.165 e. The summed E-state index contributed by atoms with van der Waals surface area (Å²) >= 11 is 0. The summed E-state index contributed by atoms with van der Waals surface area (Å²) in [4.78, 5) is 12.1. The first-order chi connectivity index (χ1) is 10.0. The zero-order valence-electron chi connectivity index (χ0n) is 11.1. The van der Waals surface area contributed by atoms with Crippen LogP contribution in [0.1, 0.15) is 12.5 Å². The van der Waals surface area contributed by atoms with Crippen molar-refractivity contribution < 1.29 is 20.4 Å². The van der Waals surface area contributed by atoms with E-state index in [-0.39, 0.29) is 5.82 Å². The lowest BCUT2D eigenvalue weighted by atomic mass is 9.99. The third kappa shape index (κ3) is 2.14. The molecule has 2 aromatic rings. The van der Waals surface area contributed by atoms with E-state index in [1.54, 1.807) is 4.57 Å². The molecular formula is C12H17N5O4. The minimum Gasteiger partial charge on any atom is -0.394 e. The highest BCUT2D eigenvalue weighted by molar-refractivity contribution is 5.81. The molecule has 0 unspecified atom stereocenters. The second-order valence-electron chi connectivity index (χ2n) is 5.28. The molecule has 0 bridgehead atoms. The third-order valence-corrected chi connectivity index (χ3v) is 4.12. The number of aromatic nitrogens is 4. The fraction of sp³-hybridized carbons (Fsp3) is 0.583. The maximum atomic E-state index is 10.2. The molecule has 1 aliphatic carbocycles. The number of nitrogens with zero attached hydrogens (tertiary/aromatic N) is 4. The van der Waals surface area contributed by atoms with Gasteiger partial charge in [-0.15, -0.1) is 0 Å². The Kier molecular flexibility index (Phi) is 3.49. The van der Waals surface area contributed by atoms with E-state index >= 15 is 0 Å². The topological polar surface area (TPSA) is 151 Å². The van der Waals surface area contributed by atoms with E-state index in [1.165, 1.54) is 12.7 Å². The number of imidazole rings is 1. The predicted molar refractivity (Wildman–Crippen MR) is 72.0 cm³/mol. The molecule has 9 nitrogen and oxygen atoms in total. The van der Waals surface area contributed by atoms with Crippen LogP contribution in [0, 0.1) is 5.92 Å². The predicted octanol–water partition coefficient (Wildman–Crippen LogP) is -1.96. The number of fused-ring (bicyclic) bond motifs is 1. The highest BCUT2D eigenvalue weighted by Gasteiger charge is 2.45. The molecule has 5 atom stereocenters. The van der Waals surface area contributed by atoms with Crippen LogP contribution >= 0.6 is 0 Å². The quantitative estimate of drug-likeness (QED) is 0.438. The largest absolute Gasteiger partial charge is 0.394 e. The van der Waals surface area contributed by atoms with Crippen LogP contribution in [-0.4, -0.2) is 64.9 Å². The lowest BCUT2D eigenvalue weighted by Crippen LogP contribution is -2.35. The Labute approximate surface area is 119 Å². The third-order valence-electron chi connectivity index (χ3n) is 4.12. The van der Waals surface area contributed by atoms with Crippen molar-refractivity contribution in [3.8, 4) is 0 Å². The van der Waals surface area contributed by atoms with Gasteiger partial charge in [0.05, 0.1) is 31.2 Å². The number of hydrogen-bond acceptors (Lipinski definition) is 8. The van der Waals surface area contributed by atoms with E-state index < -0.39 is 36.9 Å². The van der Waals surface area contributed by atoms with Crippen molar-refractivity contribution in [1.29, 1.82) is 0 Å². The normalized spacial score (nSPS) is 30.9. The molecule has 21 heavy (non-hydrogen) atoms. The van der Waals surface area contributed by atoms with Crippen molar-refractivity contribution in [2.45, 2.75) is 30.8 Å². The van der Waals surface area contributed by atoms with Crippen LogP contribution in [0.25, 0.3) is 11.2 Å². The van der Waals surface area contributed by atoms with Gasteiger partial charge in [0.2, 0.25) is 0 Å². The van der Waals surface area contributed by atoms with Gasteiger partial charge in [-0.25, -0.2) is 15.0 Å². The minimum atomic E-state index is -1.13. The number of aliphatic hydroxyl groups is 4. The van der Waals surface area contributed by atoms with E-state index in [0.717, 1.165) is 0 Å². The van der Waals surface area contributed by atoms with Crippen LogP contribution in [0.15, 0.2) is 12.7 Å². The molecule has 0 aromatic carbocycles. The highest BCUT2D eigenvalue weighted by atomic mass is 16.3. The maximum absolute atomic E-state index is 10.2. The molecule has 2 heterocycles. The molecule has 0 radical (unpaired) electrons. The zero-order valence-corrected chi connectivity index (χ0v) is 11.1. The molecule has 1 saturated carbocycles. The van der Waals surface area contributed by atoms with Gasteiger partial charge in [-0.3, -0.25) is 0 Å². The maximum Gasteiger partial charge on any atom is 0.165 e. The van der Waals surface area contributed by atoms with Gasteiger partial charge in [0.25, 0.3) is 0 Å². The molecule has 6 N–H and O–H groups in total.